The average molecular weight is 535 g/mol. The summed E-state index contributed by atoms with van der Waals surface area (Å²) in [6, 6.07) is 12.0. The fourth-order valence-corrected chi connectivity index (χ4v) is 4.15. The molecule has 0 aliphatic carbocycles. The fourth-order valence-electron chi connectivity index (χ4n) is 4.03. The smallest absolute Gasteiger partial charge is 0.341 e. The number of carbonyl (C=O) groups excluding carboxylic acids is 2. The summed E-state index contributed by atoms with van der Waals surface area (Å²) in [5.74, 6) is -1.30. The Morgan fingerprint density at radius 2 is 1.92 bits per heavy atom. The fraction of sp³-hybridized carbons (Fsp3) is 0.250. The van der Waals surface area contributed by atoms with Crippen LogP contribution < -0.4 is 11.0 Å². The van der Waals surface area contributed by atoms with E-state index in [0.717, 1.165) is 11.1 Å². The monoisotopic (exact) mass is 534 g/mol. The lowest BCUT2D eigenvalue weighted by Crippen LogP contribution is -2.33. The predicted octanol–water partition coefficient (Wildman–Crippen LogP) is 3.96. The van der Waals surface area contributed by atoms with Gasteiger partial charge < -0.3 is 14.0 Å². The van der Waals surface area contributed by atoms with Crippen LogP contribution in [-0.4, -0.2) is 46.2 Å². The van der Waals surface area contributed by atoms with Crippen molar-refractivity contribution in [1.29, 1.82) is 0 Å². The van der Waals surface area contributed by atoms with Crippen molar-refractivity contribution < 1.29 is 19.1 Å². The molecule has 0 aliphatic heterocycles. The Balaban J connectivity index is 2.00. The normalized spacial score (nSPS) is 12.1. The third-order valence-electron chi connectivity index (χ3n) is 5.84. The van der Waals surface area contributed by atoms with Crippen molar-refractivity contribution in [1.82, 2.24) is 14.0 Å². The SMILES string of the molecule is CCOC(=O)c1cc2c(=O)n3cccc(C)c3nc2n(CCCOC)c1=NC(=O)C=Cc1ccc(Cl)cc1. The number of amides is 1. The molecular formula is C28H27ClN4O5. The van der Waals surface area contributed by atoms with Crippen molar-refractivity contribution in [2.45, 2.75) is 26.8 Å². The molecule has 3 heterocycles. The summed E-state index contributed by atoms with van der Waals surface area (Å²) in [4.78, 5) is 48.5. The summed E-state index contributed by atoms with van der Waals surface area (Å²) in [7, 11) is 1.58. The Bertz CT molecular complexity index is 1670. The largest absolute Gasteiger partial charge is 0.462 e. The maximum Gasteiger partial charge on any atom is 0.341 e. The molecular weight excluding hydrogens is 508 g/mol. The molecule has 0 fully saturated rings. The number of fused-ring (bicyclic) bond motifs is 2. The van der Waals surface area contributed by atoms with Crippen LogP contribution in [0.4, 0.5) is 0 Å². The van der Waals surface area contributed by atoms with Gasteiger partial charge in [0.25, 0.3) is 11.5 Å². The van der Waals surface area contributed by atoms with Crippen LogP contribution in [-0.2, 0) is 20.8 Å². The lowest BCUT2D eigenvalue weighted by molar-refractivity contribution is -0.113. The van der Waals surface area contributed by atoms with Gasteiger partial charge in [0.05, 0.1) is 12.0 Å². The van der Waals surface area contributed by atoms with Gasteiger partial charge in [0.1, 0.15) is 16.9 Å². The molecule has 0 bridgehead atoms. The maximum atomic E-state index is 13.5. The number of hydrogen-bond acceptors (Lipinski definition) is 6. The molecule has 9 nitrogen and oxygen atoms in total. The number of esters is 1. The maximum absolute atomic E-state index is 13.5. The number of methoxy groups -OCH3 is 1. The zero-order valence-electron chi connectivity index (χ0n) is 21.3. The van der Waals surface area contributed by atoms with Crippen LogP contribution in [0.3, 0.4) is 0 Å². The average Bonchev–Trinajstić information content (AvgIpc) is 2.90. The van der Waals surface area contributed by atoms with Crippen molar-refractivity contribution in [3.63, 3.8) is 0 Å². The van der Waals surface area contributed by atoms with E-state index in [1.54, 1.807) is 61.2 Å². The third-order valence-corrected chi connectivity index (χ3v) is 6.09. The number of aryl methyl sites for hydroxylation is 2. The molecule has 38 heavy (non-hydrogen) atoms. The second kappa shape index (κ2) is 12.0. The molecule has 196 valence electrons. The highest BCUT2D eigenvalue weighted by Crippen LogP contribution is 2.14. The first-order valence-corrected chi connectivity index (χ1v) is 12.5. The van der Waals surface area contributed by atoms with Gasteiger partial charge in [-0.05, 0) is 61.7 Å². The molecule has 0 saturated heterocycles. The van der Waals surface area contributed by atoms with Gasteiger partial charge in [0.15, 0.2) is 5.49 Å². The minimum atomic E-state index is -0.697. The molecule has 4 rings (SSSR count). The summed E-state index contributed by atoms with van der Waals surface area (Å²) in [6.07, 6.45) is 5.05. The number of benzene rings is 1. The molecule has 0 unspecified atom stereocenters. The number of halogens is 1. The first-order valence-electron chi connectivity index (χ1n) is 12.1. The first kappa shape index (κ1) is 27.0. The quantitative estimate of drug-likeness (QED) is 0.147. The molecule has 1 aromatic carbocycles. The first-order chi connectivity index (χ1) is 18.3. The molecule has 0 atom stereocenters. The standard InChI is InChI=1S/C28H27ClN4O5/c1-4-38-28(36)22-17-21-25(31-24-18(2)7-5-14-33(24)27(21)35)32(15-6-16-37-3)26(22)30-23(34)13-10-19-8-11-20(29)12-9-19/h5,7-14,17H,4,6,15-16H2,1-3H3. The van der Waals surface area contributed by atoms with E-state index in [1.807, 2.05) is 13.0 Å². The Morgan fingerprint density at radius 3 is 2.63 bits per heavy atom. The summed E-state index contributed by atoms with van der Waals surface area (Å²) in [6.45, 7) is 4.34. The van der Waals surface area contributed by atoms with Crippen LogP contribution in [0.2, 0.25) is 5.02 Å². The van der Waals surface area contributed by atoms with Gasteiger partial charge in [-0.1, -0.05) is 29.8 Å². The van der Waals surface area contributed by atoms with Gasteiger partial charge in [-0.2, -0.15) is 4.99 Å². The van der Waals surface area contributed by atoms with Gasteiger partial charge in [-0.15, -0.1) is 0 Å². The third kappa shape index (κ3) is 5.74. The predicted molar refractivity (Wildman–Crippen MR) is 145 cm³/mol. The van der Waals surface area contributed by atoms with Crippen LogP contribution in [0.1, 0.15) is 34.8 Å². The van der Waals surface area contributed by atoms with E-state index >= 15 is 0 Å². The summed E-state index contributed by atoms with van der Waals surface area (Å²) in [5.41, 5.74) is 2.03. The van der Waals surface area contributed by atoms with Crippen molar-refractivity contribution in [2.24, 2.45) is 4.99 Å². The number of nitrogens with zero attached hydrogens (tertiary/aromatic N) is 4. The van der Waals surface area contributed by atoms with Crippen molar-refractivity contribution in [2.75, 3.05) is 20.3 Å². The molecule has 1 amide bonds. The highest BCUT2D eigenvalue weighted by molar-refractivity contribution is 6.30. The summed E-state index contributed by atoms with van der Waals surface area (Å²) >= 11 is 5.93. The number of aromatic nitrogens is 3. The van der Waals surface area contributed by atoms with Crippen LogP contribution in [0, 0.1) is 6.92 Å². The minimum Gasteiger partial charge on any atom is -0.462 e. The highest BCUT2D eigenvalue weighted by atomic mass is 35.5. The topological polar surface area (TPSA) is 104 Å². The van der Waals surface area contributed by atoms with Gasteiger partial charge >= 0.3 is 5.97 Å². The number of rotatable bonds is 8. The van der Waals surface area contributed by atoms with E-state index in [-0.39, 0.29) is 28.6 Å². The van der Waals surface area contributed by atoms with Crippen LogP contribution in [0.5, 0.6) is 0 Å². The molecule has 0 N–H and O–H groups in total. The molecule has 0 spiro atoms. The molecule has 0 saturated carbocycles. The lowest BCUT2D eigenvalue weighted by Gasteiger charge is -2.15. The van der Waals surface area contributed by atoms with Gasteiger partial charge in [0.2, 0.25) is 0 Å². The second-order valence-electron chi connectivity index (χ2n) is 8.47. The number of ether oxygens (including phenoxy) is 2. The second-order valence-corrected chi connectivity index (χ2v) is 8.91. The summed E-state index contributed by atoms with van der Waals surface area (Å²) < 4.78 is 13.5. The van der Waals surface area contributed by atoms with Crippen LogP contribution in [0.25, 0.3) is 22.8 Å². The van der Waals surface area contributed by atoms with Crippen molar-refractivity contribution in [3.8, 4) is 0 Å². The van der Waals surface area contributed by atoms with E-state index in [0.29, 0.717) is 35.9 Å². The zero-order valence-corrected chi connectivity index (χ0v) is 22.1. The molecule has 0 radical (unpaired) electrons. The van der Waals surface area contributed by atoms with E-state index in [4.69, 9.17) is 26.1 Å². The van der Waals surface area contributed by atoms with Crippen LogP contribution >= 0.6 is 11.6 Å². The number of pyridine rings is 2. The molecule has 10 heteroatoms. The van der Waals surface area contributed by atoms with Gasteiger partial charge in [0, 0.05) is 37.6 Å². The molecule has 3 aromatic heterocycles. The Labute approximate surface area is 223 Å². The zero-order chi connectivity index (χ0) is 27.2. The van der Waals surface area contributed by atoms with Gasteiger partial charge in [-0.3, -0.25) is 14.0 Å². The van der Waals surface area contributed by atoms with Crippen molar-refractivity contribution >= 4 is 46.2 Å². The van der Waals surface area contributed by atoms with Crippen molar-refractivity contribution in [3.05, 3.63) is 92.3 Å². The van der Waals surface area contributed by atoms with E-state index in [1.165, 1.54) is 16.5 Å². The Hall–Kier alpha value is -4.08. The molecule has 0 aliphatic rings. The minimum absolute atomic E-state index is 0.00323. The molecule has 4 aromatic rings. The Morgan fingerprint density at radius 1 is 1.16 bits per heavy atom. The Kier molecular flexibility index (Phi) is 8.50. The van der Waals surface area contributed by atoms with Gasteiger partial charge in [-0.25, -0.2) is 9.78 Å². The van der Waals surface area contributed by atoms with Crippen LogP contribution in [0.15, 0.2) is 64.5 Å². The highest BCUT2D eigenvalue weighted by Gasteiger charge is 2.20. The lowest BCUT2D eigenvalue weighted by atomic mass is 10.2. The number of carbonyl (C=O) groups is 2. The number of hydrogen-bond donors (Lipinski definition) is 0. The van der Waals surface area contributed by atoms with E-state index < -0.39 is 11.9 Å². The van der Waals surface area contributed by atoms with E-state index in [9.17, 15) is 14.4 Å². The summed E-state index contributed by atoms with van der Waals surface area (Å²) in [5, 5.41) is 0.786. The van der Waals surface area contributed by atoms with E-state index in [2.05, 4.69) is 4.99 Å².